The lowest BCUT2D eigenvalue weighted by Crippen LogP contribution is -2.37. The zero-order valence-corrected chi connectivity index (χ0v) is 18.4. The highest BCUT2D eigenvalue weighted by molar-refractivity contribution is 5.84. The van der Waals surface area contributed by atoms with Crippen LogP contribution in [0.15, 0.2) is 36.8 Å². The fraction of sp³-hybridized carbons (Fsp3) is 0.364. The zero-order valence-electron chi connectivity index (χ0n) is 18.4. The van der Waals surface area contributed by atoms with Crippen LogP contribution in [0.3, 0.4) is 0 Å². The SMILES string of the molecule is CCn1cnc2c(N3CCOCC3)nc(-n3cc(-c4cccc(OC)c4)c(OC)n3)nc21. The number of aromatic nitrogens is 6. The number of imidazole rings is 1. The zero-order chi connectivity index (χ0) is 22.1. The van der Waals surface area contributed by atoms with Crippen molar-refractivity contribution in [3.8, 4) is 28.7 Å². The van der Waals surface area contributed by atoms with Crippen molar-refractivity contribution in [3.63, 3.8) is 0 Å². The molecule has 3 aromatic heterocycles. The van der Waals surface area contributed by atoms with Gasteiger partial charge in [-0.2, -0.15) is 9.97 Å². The number of methoxy groups -OCH3 is 2. The van der Waals surface area contributed by atoms with E-state index in [2.05, 4.69) is 21.9 Å². The lowest BCUT2D eigenvalue weighted by Gasteiger charge is -2.28. The molecule has 166 valence electrons. The Morgan fingerprint density at radius 2 is 1.94 bits per heavy atom. The predicted octanol–water partition coefficient (Wildman–Crippen LogP) is 2.55. The van der Waals surface area contributed by atoms with E-state index >= 15 is 0 Å². The van der Waals surface area contributed by atoms with Crippen molar-refractivity contribution in [3.05, 3.63) is 36.8 Å². The molecule has 4 aromatic rings. The Balaban J connectivity index is 1.65. The Bertz CT molecular complexity index is 1240. The summed E-state index contributed by atoms with van der Waals surface area (Å²) < 4.78 is 20.1. The van der Waals surface area contributed by atoms with E-state index < -0.39 is 0 Å². The number of benzene rings is 1. The summed E-state index contributed by atoms with van der Waals surface area (Å²) in [6.45, 7) is 5.64. The van der Waals surface area contributed by atoms with Crippen molar-refractivity contribution in [2.45, 2.75) is 13.5 Å². The Labute approximate surface area is 185 Å². The van der Waals surface area contributed by atoms with E-state index in [1.807, 2.05) is 35.0 Å². The van der Waals surface area contributed by atoms with Crippen LogP contribution in [0, 0.1) is 0 Å². The molecular weight excluding hydrogens is 410 g/mol. The number of fused-ring (bicyclic) bond motifs is 1. The Morgan fingerprint density at radius 3 is 2.69 bits per heavy atom. The van der Waals surface area contributed by atoms with Gasteiger partial charge in [-0.25, -0.2) is 9.67 Å². The summed E-state index contributed by atoms with van der Waals surface area (Å²) in [7, 11) is 3.25. The molecule has 0 radical (unpaired) electrons. The molecule has 1 saturated heterocycles. The van der Waals surface area contributed by atoms with Crippen LogP contribution in [-0.2, 0) is 11.3 Å². The Hall–Kier alpha value is -3.66. The fourth-order valence-corrected chi connectivity index (χ4v) is 3.85. The quantitative estimate of drug-likeness (QED) is 0.456. The molecule has 4 heterocycles. The first kappa shape index (κ1) is 20.3. The summed E-state index contributed by atoms with van der Waals surface area (Å²) >= 11 is 0. The van der Waals surface area contributed by atoms with E-state index in [4.69, 9.17) is 24.2 Å². The van der Waals surface area contributed by atoms with E-state index in [0.717, 1.165) is 53.5 Å². The topological polar surface area (TPSA) is 92.4 Å². The second kappa shape index (κ2) is 8.46. The van der Waals surface area contributed by atoms with Crippen LogP contribution in [0.4, 0.5) is 5.82 Å². The Kier molecular flexibility index (Phi) is 5.36. The lowest BCUT2D eigenvalue weighted by atomic mass is 10.1. The van der Waals surface area contributed by atoms with Gasteiger partial charge in [0.15, 0.2) is 17.0 Å². The molecule has 10 heteroatoms. The standard InChI is InChI=1S/C22H25N7O3/c1-4-27-14-23-18-19(27)24-22(25-20(18)28-8-10-32-11-9-28)29-13-17(21(26-29)31-3)15-6-5-7-16(12-15)30-2/h5-7,12-14H,4,8-11H2,1-3H3. The summed E-state index contributed by atoms with van der Waals surface area (Å²) in [5.41, 5.74) is 3.31. The molecule has 1 aliphatic rings. The second-order valence-corrected chi connectivity index (χ2v) is 7.38. The third-order valence-electron chi connectivity index (χ3n) is 5.54. The van der Waals surface area contributed by atoms with Crippen LogP contribution in [0.25, 0.3) is 28.2 Å². The fourth-order valence-electron chi connectivity index (χ4n) is 3.85. The molecule has 0 amide bonds. The van der Waals surface area contributed by atoms with Crippen LogP contribution in [0.5, 0.6) is 11.6 Å². The predicted molar refractivity (Wildman–Crippen MR) is 120 cm³/mol. The van der Waals surface area contributed by atoms with Gasteiger partial charge in [0.1, 0.15) is 5.75 Å². The molecular formula is C22H25N7O3. The highest BCUT2D eigenvalue weighted by Crippen LogP contribution is 2.32. The summed E-state index contributed by atoms with van der Waals surface area (Å²) in [5.74, 6) is 2.50. The number of ether oxygens (including phenoxy) is 3. The number of nitrogens with zero attached hydrogens (tertiary/aromatic N) is 7. The van der Waals surface area contributed by atoms with Gasteiger partial charge in [-0.1, -0.05) is 12.1 Å². The van der Waals surface area contributed by atoms with Gasteiger partial charge in [0.2, 0.25) is 5.88 Å². The molecule has 0 N–H and O–H groups in total. The Morgan fingerprint density at radius 1 is 1.09 bits per heavy atom. The molecule has 10 nitrogen and oxygen atoms in total. The van der Waals surface area contributed by atoms with Gasteiger partial charge in [-0.05, 0) is 24.6 Å². The second-order valence-electron chi connectivity index (χ2n) is 7.38. The number of hydrogen-bond donors (Lipinski definition) is 0. The van der Waals surface area contributed by atoms with E-state index in [0.29, 0.717) is 25.0 Å². The number of hydrogen-bond acceptors (Lipinski definition) is 8. The molecule has 0 aliphatic carbocycles. The third kappa shape index (κ3) is 3.52. The number of rotatable bonds is 6. The highest BCUT2D eigenvalue weighted by Gasteiger charge is 2.22. The molecule has 1 aromatic carbocycles. The minimum Gasteiger partial charge on any atom is -0.497 e. The average Bonchev–Trinajstić information content (AvgIpc) is 3.48. The number of anilines is 1. The van der Waals surface area contributed by atoms with Gasteiger partial charge in [0, 0.05) is 25.8 Å². The maximum Gasteiger partial charge on any atom is 0.254 e. The van der Waals surface area contributed by atoms with Gasteiger partial charge in [0.05, 0.1) is 39.3 Å². The monoisotopic (exact) mass is 435 g/mol. The van der Waals surface area contributed by atoms with Crippen LogP contribution < -0.4 is 14.4 Å². The normalized spacial score (nSPS) is 14.2. The summed E-state index contributed by atoms with van der Waals surface area (Å²) in [4.78, 5) is 16.4. The molecule has 0 spiro atoms. The average molecular weight is 435 g/mol. The maximum atomic E-state index is 5.57. The van der Waals surface area contributed by atoms with Crippen LogP contribution in [0.2, 0.25) is 0 Å². The number of aryl methyl sites for hydroxylation is 1. The number of morpholine rings is 1. The van der Waals surface area contributed by atoms with Crippen LogP contribution >= 0.6 is 0 Å². The lowest BCUT2D eigenvalue weighted by molar-refractivity contribution is 0.122. The molecule has 0 atom stereocenters. The molecule has 1 fully saturated rings. The van der Waals surface area contributed by atoms with Crippen molar-refractivity contribution in [1.82, 2.24) is 29.3 Å². The summed E-state index contributed by atoms with van der Waals surface area (Å²) in [6.07, 6.45) is 3.68. The summed E-state index contributed by atoms with van der Waals surface area (Å²) in [5, 5.41) is 4.62. The summed E-state index contributed by atoms with van der Waals surface area (Å²) in [6, 6.07) is 7.77. The van der Waals surface area contributed by atoms with Gasteiger partial charge < -0.3 is 23.7 Å². The van der Waals surface area contributed by atoms with E-state index in [-0.39, 0.29) is 0 Å². The highest BCUT2D eigenvalue weighted by atomic mass is 16.5. The van der Waals surface area contributed by atoms with E-state index in [1.165, 1.54) is 0 Å². The van der Waals surface area contributed by atoms with Crippen LogP contribution in [-0.4, -0.2) is 69.8 Å². The minimum atomic E-state index is 0.460. The molecule has 0 saturated carbocycles. The van der Waals surface area contributed by atoms with Crippen molar-refractivity contribution in [2.24, 2.45) is 0 Å². The van der Waals surface area contributed by atoms with Gasteiger partial charge >= 0.3 is 0 Å². The third-order valence-corrected chi connectivity index (χ3v) is 5.54. The van der Waals surface area contributed by atoms with Crippen molar-refractivity contribution < 1.29 is 14.2 Å². The first-order valence-corrected chi connectivity index (χ1v) is 10.6. The molecule has 1 aliphatic heterocycles. The first-order chi connectivity index (χ1) is 15.7. The molecule has 0 unspecified atom stereocenters. The van der Waals surface area contributed by atoms with E-state index in [9.17, 15) is 0 Å². The van der Waals surface area contributed by atoms with Gasteiger partial charge in [0.25, 0.3) is 5.95 Å². The minimum absolute atomic E-state index is 0.460. The molecule has 32 heavy (non-hydrogen) atoms. The van der Waals surface area contributed by atoms with Gasteiger partial charge in [-0.15, -0.1) is 5.10 Å². The van der Waals surface area contributed by atoms with E-state index in [1.54, 1.807) is 25.2 Å². The van der Waals surface area contributed by atoms with Crippen molar-refractivity contribution in [2.75, 3.05) is 45.4 Å². The van der Waals surface area contributed by atoms with Gasteiger partial charge in [-0.3, -0.25) is 0 Å². The van der Waals surface area contributed by atoms with Crippen molar-refractivity contribution in [1.29, 1.82) is 0 Å². The maximum absolute atomic E-state index is 5.57. The largest absolute Gasteiger partial charge is 0.497 e. The smallest absolute Gasteiger partial charge is 0.254 e. The van der Waals surface area contributed by atoms with Crippen LogP contribution in [0.1, 0.15) is 6.92 Å². The van der Waals surface area contributed by atoms with Crippen molar-refractivity contribution >= 4 is 17.0 Å². The molecule has 0 bridgehead atoms. The molecule has 5 rings (SSSR count). The first-order valence-electron chi connectivity index (χ1n) is 10.6.